The highest BCUT2D eigenvalue weighted by molar-refractivity contribution is 5.82. The Morgan fingerprint density at radius 3 is 3.08 bits per heavy atom. The first-order valence-corrected chi connectivity index (χ1v) is 4.61. The number of fused-ring (bicyclic) bond motifs is 1. The minimum Gasteiger partial charge on any atom is -0.307 e. The zero-order chi connectivity index (χ0) is 8.72. The highest BCUT2D eigenvalue weighted by Gasteiger charge is 2.42. The largest absolute Gasteiger partial charge is 0.307 e. The Morgan fingerprint density at radius 2 is 2.42 bits per heavy atom. The van der Waals surface area contributed by atoms with E-state index in [1.807, 2.05) is 0 Å². The molecule has 1 aliphatic heterocycles. The van der Waals surface area contributed by atoms with Crippen LogP contribution in [0, 0.1) is 11.8 Å². The fourth-order valence-electron chi connectivity index (χ4n) is 2.59. The summed E-state index contributed by atoms with van der Waals surface area (Å²) < 4.78 is 0. The van der Waals surface area contributed by atoms with Crippen LogP contribution >= 0.6 is 0 Å². The molecule has 3 atom stereocenters. The van der Waals surface area contributed by atoms with Crippen LogP contribution in [0.15, 0.2) is 12.2 Å². The maximum absolute atomic E-state index is 11.2. The van der Waals surface area contributed by atoms with Crippen molar-refractivity contribution in [2.45, 2.75) is 25.8 Å². The third-order valence-corrected chi connectivity index (χ3v) is 3.26. The van der Waals surface area contributed by atoms with Crippen molar-refractivity contribution < 1.29 is 4.79 Å². The monoisotopic (exact) mass is 165 g/mol. The SMILES string of the molecule is C=C1CCC2C1CNC2C(C)=O. The molecule has 66 valence electrons. The molecule has 2 heteroatoms. The summed E-state index contributed by atoms with van der Waals surface area (Å²) >= 11 is 0. The van der Waals surface area contributed by atoms with E-state index in [9.17, 15) is 4.79 Å². The summed E-state index contributed by atoms with van der Waals surface area (Å²) in [6.07, 6.45) is 2.28. The molecule has 0 aromatic heterocycles. The number of Topliss-reactive ketones (excluding diaryl/α,β-unsaturated/α-hetero) is 1. The van der Waals surface area contributed by atoms with Crippen LogP contribution in [0.4, 0.5) is 0 Å². The lowest BCUT2D eigenvalue weighted by atomic mass is 9.91. The molecule has 2 aliphatic rings. The molecule has 1 heterocycles. The first-order valence-electron chi connectivity index (χ1n) is 4.61. The van der Waals surface area contributed by atoms with Crippen LogP contribution in [-0.2, 0) is 4.79 Å². The van der Waals surface area contributed by atoms with E-state index >= 15 is 0 Å². The maximum atomic E-state index is 11.2. The Balaban J connectivity index is 2.15. The third kappa shape index (κ3) is 1.02. The number of carbonyl (C=O) groups is 1. The molecule has 0 radical (unpaired) electrons. The Hall–Kier alpha value is -0.630. The summed E-state index contributed by atoms with van der Waals surface area (Å²) in [6.45, 7) is 6.69. The molecule has 0 amide bonds. The molecule has 1 saturated heterocycles. The van der Waals surface area contributed by atoms with Crippen molar-refractivity contribution in [3.05, 3.63) is 12.2 Å². The van der Waals surface area contributed by atoms with Crippen LogP contribution in [0.2, 0.25) is 0 Å². The average molecular weight is 165 g/mol. The molecule has 2 nitrogen and oxygen atoms in total. The highest BCUT2D eigenvalue weighted by atomic mass is 16.1. The third-order valence-electron chi connectivity index (χ3n) is 3.26. The van der Waals surface area contributed by atoms with Crippen molar-refractivity contribution in [3.8, 4) is 0 Å². The first kappa shape index (κ1) is 7.99. The van der Waals surface area contributed by atoms with Gasteiger partial charge in [0.15, 0.2) is 0 Å². The van der Waals surface area contributed by atoms with E-state index < -0.39 is 0 Å². The van der Waals surface area contributed by atoms with Gasteiger partial charge in [-0.25, -0.2) is 0 Å². The fourth-order valence-corrected chi connectivity index (χ4v) is 2.59. The molecule has 1 saturated carbocycles. The minimum atomic E-state index is 0.120. The average Bonchev–Trinajstić information content (AvgIpc) is 2.53. The molecule has 0 spiro atoms. The molecule has 2 fully saturated rings. The van der Waals surface area contributed by atoms with Gasteiger partial charge in [-0.3, -0.25) is 4.79 Å². The number of hydrogen-bond acceptors (Lipinski definition) is 2. The van der Waals surface area contributed by atoms with Crippen molar-refractivity contribution >= 4 is 5.78 Å². The zero-order valence-electron chi connectivity index (χ0n) is 7.47. The lowest BCUT2D eigenvalue weighted by Gasteiger charge is -2.13. The van der Waals surface area contributed by atoms with E-state index in [1.54, 1.807) is 6.92 Å². The zero-order valence-corrected chi connectivity index (χ0v) is 7.47. The smallest absolute Gasteiger partial charge is 0.146 e. The van der Waals surface area contributed by atoms with E-state index in [1.165, 1.54) is 5.57 Å². The summed E-state index contributed by atoms with van der Waals surface area (Å²) in [5, 5.41) is 3.28. The highest BCUT2D eigenvalue weighted by Crippen LogP contribution is 2.40. The summed E-state index contributed by atoms with van der Waals surface area (Å²) in [5.41, 5.74) is 1.34. The van der Waals surface area contributed by atoms with Crippen molar-refractivity contribution in [1.82, 2.24) is 5.32 Å². The van der Waals surface area contributed by atoms with Crippen molar-refractivity contribution in [3.63, 3.8) is 0 Å². The molecule has 3 unspecified atom stereocenters. The molecule has 0 aromatic rings. The van der Waals surface area contributed by atoms with Crippen LogP contribution in [0.3, 0.4) is 0 Å². The Labute approximate surface area is 73.0 Å². The van der Waals surface area contributed by atoms with Gasteiger partial charge in [0.25, 0.3) is 0 Å². The number of hydrogen-bond donors (Lipinski definition) is 1. The summed E-state index contributed by atoms with van der Waals surface area (Å²) in [4.78, 5) is 11.2. The molecule has 1 aliphatic carbocycles. The number of carbonyl (C=O) groups excluding carboxylic acids is 1. The van der Waals surface area contributed by atoms with Gasteiger partial charge in [0.1, 0.15) is 5.78 Å². The van der Waals surface area contributed by atoms with Gasteiger partial charge in [-0.15, -0.1) is 0 Å². The minimum absolute atomic E-state index is 0.120. The van der Waals surface area contributed by atoms with E-state index in [-0.39, 0.29) is 11.8 Å². The van der Waals surface area contributed by atoms with Crippen LogP contribution in [0.1, 0.15) is 19.8 Å². The predicted octanol–water partition coefficient (Wildman–Crippen LogP) is 1.13. The van der Waals surface area contributed by atoms with Crippen molar-refractivity contribution in [1.29, 1.82) is 0 Å². The van der Waals surface area contributed by atoms with E-state index in [2.05, 4.69) is 11.9 Å². The summed E-state index contributed by atoms with van der Waals surface area (Å²) in [5.74, 6) is 1.42. The second kappa shape index (κ2) is 2.70. The molecular weight excluding hydrogens is 150 g/mol. The Bertz CT molecular complexity index is 234. The van der Waals surface area contributed by atoms with Crippen LogP contribution in [0.5, 0.6) is 0 Å². The lowest BCUT2D eigenvalue weighted by molar-refractivity contribution is -0.119. The van der Waals surface area contributed by atoms with Crippen molar-refractivity contribution in [2.24, 2.45) is 11.8 Å². The Morgan fingerprint density at radius 1 is 1.67 bits per heavy atom. The second-order valence-corrected chi connectivity index (χ2v) is 3.96. The number of rotatable bonds is 1. The number of nitrogens with one attached hydrogen (secondary N) is 1. The first-order chi connectivity index (χ1) is 5.70. The molecule has 2 rings (SSSR count). The molecule has 12 heavy (non-hydrogen) atoms. The molecule has 0 aromatic carbocycles. The van der Waals surface area contributed by atoms with Gasteiger partial charge in [0, 0.05) is 6.54 Å². The maximum Gasteiger partial charge on any atom is 0.146 e. The van der Waals surface area contributed by atoms with Gasteiger partial charge < -0.3 is 5.32 Å². The van der Waals surface area contributed by atoms with Gasteiger partial charge >= 0.3 is 0 Å². The van der Waals surface area contributed by atoms with Gasteiger partial charge in [-0.1, -0.05) is 12.2 Å². The summed E-state index contributed by atoms with van der Waals surface area (Å²) in [7, 11) is 0. The van der Waals surface area contributed by atoms with Gasteiger partial charge in [-0.05, 0) is 31.6 Å². The molecule has 0 bridgehead atoms. The number of ketones is 1. The summed E-state index contributed by atoms with van der Waals surface area (Å²) in [6, 6.07) is 0.120. The van der Waals surface area contributed by atoms with Gasteiger partial charge in [0.2, 0.25) is 0 Å². The van der Waals surface area contributed by atoms with Crippen LogP contribution < -0.4 is 5.32 Å². The second-order valence-electron chi connectivity index (χ2n) is 3.96. The molecule has 1 N–H and O–H groups in total. The van der Waals surface area contributed by atoms with Gasteiger partial charge in [0.05, 0.1) is 6.04 Å². The van der Waals surface area contributed by atoms with E-state index in [0.717, 1.165) is 19.4 Å². The normalized spacial score (nSPS) is 40.1. The predicted molar refractivity (Wildman–Crippen MR) is 47.8 cm³/mol. The topological polar surface area (TPSA) is 29.1 Å². The van der Waals surface area contributed by atoms with Crippen molar-refractivity contribution in [2.75, 3.05) is 6.54 Å². The quantitative estimate of drug-likeness (QED) is 0.590. The van der Waals surface area contributed by atoms with E-state index in [0.29, 0.717) is 11.8 Å². The molecular formula is C10H15NO. The van der Waals surface area contributed by atoms with Crippen LogP contribution in [-0.4, -0.2) is 18.4 Å². The van der Waals surface area contributed by atoms with Gasteiger partial charge in [-0.2, -0.15) is 0 Å². The Kier molecular flexibility index (Phi) is 1.80. The standard InChI is InChI=1S/C10H15NO/c1-6-3-4-8-9(6)5-11-10(8)7(2)12/h8-11H,1,3-5H2,2H3. The lowest BCUT2D eigenvalue weighted by Crippen LogP contribution is -2.33. The fraction of sp³-hybridized carbons (Fsp3) is 0.700. The van der Waals surface area contributed by atoms with Crippen LogP contribution in [0.25, 0.3) is 0 Å². The van der Waals surface area contributed by atoms with E-state index in [4.69, 9.17) is 0 Å².